The largest absolute Gasteiger partial charge is 0.550 e. The zero-order valence-electron chi connectivity index (χ0n) is 6.89. The third-order valence-corrected chi connectivity index (χ3v) is 1.86. The van der Waals surface area contributed by atoms with Crippen molar-refractivity contribution in [2.45, 2.75) is 33.6 Å². The van der Waals surface area contributed by atoms with Crippen LogP contribution in [0.4, 0.5) is 0 Å². The van der Waals surface area contributed by atoms with E-state index in [1.807, 2.05) is 0 Å². The van der Waals surface area contributed by atoms with Gasteiger partial charge in [0.2, 0.25) is 0 Å². The predicted octanol–water partition coefficient (Wildman–Crippen LogP) is 0.809. The molecule has 0 saturated carbocycles. The van der Waals surface area contributed by atoms with Gasteiger partial charge in [-0.2, -0.15) is 0 Å². The summed E-state index contributed by atoms with van der Waals surface area (Å²) in [5, 5.41) is 10.2. The van der Waals surface area contributed by atoms with Gasteiger partial charge in [-0.15, -0.1) is 0 Å². The van der Waals surface area contributed by atoms with Crippen LogP contribution in [0.1, 0.15) is 33.6 Å². The Hall–Kier alpha value is -0.530. The Balaban J connectivity index is 3.56. The first kappa shape index (κ1) is 9.47. The van der Waals surface area contributed by atoms with Crippen molar-refractivity contribution < 1.29 is 9.90 Å². The first-order valence-corrected chi connectivity index (χ1v) is 3.78. The fourth-order valence-electron chi connectivity index (χ4n) is 0.866. The third-order valence-electron chi connectivity index (χ3n) is 1.86. The molecule has 2 atom stereocenters. The molecule has 0 rings (SSSR count). The number of carbonyl (C=O) groups excluding carboxylic acids is 1. The molecule has 2 nitrogen and oxygen atoms in total. The van der Waals surface area contributed by atoms with Crippen molar-refractivity contribution in [3.8, 4) is 0 Å². The van der Waals surface area contributed by atoms with E-state index < -0.39 is 5.97 Å². The van der Waals surface area contributed by atoms with Gasteiger partial charge in [0.1, 0.15) is 0 Å². The van der Waals surface area contributed by atoms with E-state index in [9.17, 15) is 9.90 Å². The lowest BCUT2D eigenvalue weighted by Crippen LogP contribution is -2.30. The van der Waals surface area contributed by atoms with Gasteiger partial charge < -0.3 is 9.90 Å². The monoisotopic (exact) mass is 143 g/mol. The fourth-order valence-corrected chi connectivity index (χ4v) is 0.866. The normalized spacial score (nSPS) is 16.3. The second-order valence-electron chi connectivity index (χ2n) is 2.97. The molecule has 10 heavy (non-hydrogen) atoms. The molecule has 0 saturated heterocycles. The molecule has 0 spiro atoms. The first-order valence-electron chi connectivity index (χ1n) is 3.78. The zero-order chi connectivity index (χ0) is 8.15. The number of carboxylic acids is 1. The zero-order valence-corrected chi connectivity index (χ0v) is 6.89. The summed E-state index contributed by atoms with van der Waals surface area (Å²) in [6.07, 6.45) is 1.77. The summed E-state index contributed by atoms with van der Waals surface area (Å²) in [6, 6.07) is 0. The highest BCUT2D eigenvalue weighted by molar-refractivity contribution is 5.66. The lowest BCUT2D eigenvalue weighted by Gasteiger charge is -2.15. The first-order chi connectivity index (χ1) is 4.57. The van der Waals surface area contributed by atoms with Crippen LogP contribution in [0.5, 0.6) is 0 Å². The van der Waals surface area contributed by atoms with E-state index in [1.165, 1.54) is 0 Å². The van der Waals surface area contributed by atoms with E-state index in [0.717, 1.165) is 12.8 Å². The maximum atomic E-state index is 10.2. The Morgan fingerprint density at radius 1 is 1.50 bits per heavy atom. The average molecular weight is 143 g/mol. The van der Waals surface area contributed by atoms with Crippen molar-refractivity contribution in [2.24, 2.45) is 11.8 Å². The Morgan fingerprint density at radius 3 is 2.30 bits per heavy atom. The Morgan fingerprint density at radius 2 is 2.00 bits per heavy atom. The van der Waals surface area contributed by atoms with Crippen molar-refractivity contribution in [3.05, 3.63) is 0 Å². The maximum absolute atomic E-state index is 10.2. The molecule has 0 aromatic rings. The highest BCUT2D eigenvalue weighted by atomic mass is 16.4. The maximum Gasteiger partial charge on any atom is 0.0442 e. The molecule has 0 N–H and O–H groups in total. The number of hydrogen-bond acceptors (Lipinski definition) is 2. The molecular formula is C8H15O2-. The molecule has 0 aromatic carbocycles. The lowest BCUT2D eigenvalue weighted by atomic mass is 9.96. The SMILES string of the molecule is CCC(C)CC(C)C(=O)[O-]. The van der Waals surface area contributed by atoms with Crippen molar-refractivity contribution in [2.75, 3.05) is 0 Å². The molecule has 0 radical (unpaired) electrons. The molecule has 60 valence electrons. The van der Waals surface area contributed by atoms with Crippen molar-refractivity contribution in [1.82, 2.24) is 0 Å². The van der Waals surface area contributed by atoms with Crippen LogP contribution in [0.3, 0.4) is 0 Å². The van der Waals surface area contributed by atoms with Gasteiger partial charge in [-0.3, -0.25) is 0 Å². The summed E-state index contributed by atoms with van der Waals surface area (Å²) in [7, 11) is 0. The van der Waals surface area contributed by atoms with Crippen LogP contribution in [0.15, 0.2) is 0 Å². The summed E-state index contributed by atoms with van der Waals surface area (Å²) in [6.45, 7) is 5.81. The molecular weight excluding hydrogens is 128 g/mol. The third kappa shape index (κ3) is 3.49. The number of hydrogen-bond donors (Lipinski definition) is 0. The van der Waals surface area contributed by atoms with Crippen LogP contribution in [0.25, 0.3) is 0 Å². The minimum Gasteiger partial charge on any atom is -0.550 e. The van der Waals surface area contributed by atoms with E-state index in [0.29, 0.717) is 5.92 Å². The lowest BCUT2D eigenvalue weighted by molar-refractivity contribution is -0.311. The van der Waals surface area contributed by atoms with Crippen molar-refractivity contribution in [1.29, 1.82) is 0 Å². The molecule has 2 heteroatoms. The van der Waals surface area contributed by atoms with Gasteiger partial charge in [-0.25, -0.2) is 0 Å². The molecule has 0 aromatic heterocycles. The Labute approximate surface area is 62.2 Å². The van der Waals surface area contributed by atoms with E-state index in [4.69, 9.17) is 0 Å². The van der Waals surface area contributed by atoms with Crippen LogP contribution < -0.4 is 5.11 Å². The quantitative estimate of drug-likeness (QED) is 0.584. The highest BCUT2D eigenvalue weighted by Crippen LogP contribution is 2.13. The average Bonchev–Trinajstić information content (AvgIpc) is 1.87. The Kier molecular flexibility index (Phi) is 4.08. The van der Waals surface area contributed by atoms with Crippen molar-refractivity contribution >= 4 is 5.97 Å². The van der Waals surface area contributed by atoms with Gasteiger partial charge >= 0.3 is 0 Å². The number of carbonyl (C=O) groups is 1. The molecule has 0 aliphatic rings. The van der Waals surface area contributed by atoms with Gasteiger partial charge in [-0.1, -0.05) is 27.2 Å². The van der Waals surface area contributed by atoms with E-state index in [-0.39, 0.29) is 5.92 Å². The van der Waals surface area contributed by atoms with Crippen molar-refractivity contribution in [3.63, 3.8) is 0 Å². The van der Waals surface area contributed by atoms with Gasteiger partial charge in [-0.05, 0) is 18.3 Å². The van der Waals surface area contributed by atoms with Gasteiger partial charge in [0.15, 0.2) is 0 Å². The summed E-state index contributed by atoms with van der Waals surface area (Å²) in [4.78, 5) is 10.2. The van der Waals surface area contributed by atoms with Gasteiger partial charge in [0.25, 0.3) is 0 Å². The summed E-state index contributed by atoms with van der Waals surface area (Å²) in [5.74, 6) is -0.733. The number of carboxylic acid groups (broad SMARTS) is 1. The predicted molar refractivity (Wildman–Crippen MR) is 38.2 cm³/mol. The van der Waals surface area contributed by atoms with Crippen LogP contribution in [-0.2, 0) is 4.79 Å². The molecule has 0 aliphatic heterocycles. The van der Waals surface area contributed by atoms with Crippen LogP contribution in [0.2, 0.25) is 0 Å². The summed E-state index contributed by atoms with van der Waals surface area (Å²) in [5.41, 5.74) is 0. The van der Waals surface area contributed by atoms with E-state index >= 15 is 0 Å². The minimum absolute atomic E-state index is 0.296. The highest BCUT2D eigenvalue weighted by Gasteiger charge is 2.06. The number of rotatable bonds is 4. The molecule has 2 unspecified atom stereocenters. The molecule has 0 bridgehead atoms. The van der Waals surface area contributed by atoms with Crippen LogP contribution in [-0.4, -0.2) is 5.97 Å². The Bertz CT molecular complexity index is 110. The molecule has 0 amide bonds. The molecule has 0 fully saturated rings. The fraction of sp³-hybridized carbons (Fsp3) is 0.875. The van der Waals surface area contributed by atoms with Crippen LogP contribution >= 0.6 is 0 Å². The van der Waals surface area contributed by atoms with Gasteiger partial charge in [0.05, 0.1) is 0 Å². The van der Waals surface area contributed by atoms with Crippen LogP contribution in [0, 0.1) is 11.8 Å². The molecule has 0 heterocycles. The molecule has 0 aliphatic carbocycles. The second-order valence-corrected chi connectivity index (χ2v) is 2.97. The summed E-state index contributed by atoms with van der Waals surface area (Å²) < 4.78 is 0. The minimum atomic E-state index is -0.930. The van der Waals surface area contributed by atoms with E-state index in [1.54, 1.807) is 6.92 Å². The topological polar surface area (TPSA) is 40.1 Å². The number of aliphatic carboxylic acids is 1. The standard InChI is InChI=1S/C8H16O2/c1-4-6(2)5-7(3)8(9)10/h6-7H,4-5H2,1-3H3,(H,9,10)/p-1. The second kappa shape index (κ2) is 4.31. The smallest absolute Gasteiger partial charge is 0.0442 e. The summed E-state index contributed by atoms with van der Waals surface area (Å²) >= 11 is 0. The van der Waals surface area contributed by atoms with Gasteiger partial charge in [0, 0.05) is 5.97 Å². The van der Waals surface area contributed by atoms with E-state index in [2.05, 4.69) is 13.8 Å².